The fraction of sp³-hybridized carbons (Fsp3) is 0.933. The highest BCUT2D eigenvalue weighted by Crippen LogP contribution is 2.27. The predicted molar refractivity (Wildman–Crippen MR) is 75.9 cm³/mol. The average Bonchev–Trinajstić information content (AvgIpc) is 2.70. The van der Waals surface area contributed by atoms with Crippen LogP contribution in [0.25, 0.3) is 0 Å². The zero-order valence-corrected chi connectivity index (χ0v) is 12.4. The molecule has 1 amide bonds. The lowest BCUT2D eigenvalue weighted by atomic mass is 9.90. The standard InChI is InChI=1S/C15H28N2O2/c1-15(2,19)13-7-10-17(11-13)14(18)12-16-8-5-3-4-6-9-16/h13,19H,3-12H2,1-2H3/t13-/m0/s1. The Bertz CT molecular complexity index is 304. The molecule has 2 aliphatic heterocycles. The number of amides is 1. The number of carbonyl (C=O) groups is 1. The predicted octanol–water partition coefficient (Wildman–Crippen LogP) is 1.48. The van der Waals surface area contributed by atoms with Crippen LogP contribution < -0.4 is 0 Å². The third kappa shape index (κ3) is 4.18. The van der Waals surface area contributed by atoms with Gasteiger partial charge >= 0.3 is 0 Å². The van der Waals surface area contributed by atoms with Crippen molar-refractivity contribution in [2.45, 2.75) is 51.6 Å². The summed E-state index contributed by atoms with van der Waals surface area (Å²) in [5.41, 5.74) is -0.669. The van der Waals surface area contributed by atoms with Crippen molar-refractivity contribution in [3.8, 4) is 0 Å². The normalized spacial score (nSPS) is 26.5. The SMILES string of the molecule is CC(C)(O)[C@H]1CCN(C(=O)CN2CCCCCC2)C1. The van der Waals surface area contributed by atoms with Crippen LogP contribution in [0, 0.1) is 5.92 Å². The van der Waals surface area contributed by atoms with E-state index in [1.807, 2.05) is 18.7 Å². The number of nitrogens with zero attached hydrogens (tertiary/aromatic N) is 2. The van der Waals surface area contributed by atoms with E-state index in [2.05, 4.69) is 4.90 Å². The van der Waals surface area contributed by atoms with Crippen LogP contribution in [0.5, 0.6) is 0 Å². The first-order valence-electron chi connectivity index (χ1n) is 7.69. The van der Waals surface area contributed by atoms with E-state index in [4.69, 9.17) is 0 Å². The molecular weight excluding hydrogens is 240 g/mol. The summed E-state index contributed by atoms with van der Waals surface area (Å²) in [7, 11) is 0. The number of hydrogen-bond donors (Lipinski definition) is 1. The first-order chi connectivity index (χ1) is 8.97. The van der Waals surface area contributed by atoms with E-state index in [0.717, 1.165) is 32.6 Å². The molecular formula is C15H28N2O2. The number of hydrogen-bond acceptors (Lipinski definition) is 3. The molecule has 2 aliphatic rings. The van der Waals surface area contributed by atoms with Gasteiger partial charge in [-0.2, -0.15) is 0 Å². The average molecular weight is 268 g/mol. The van der Waals surface area contributed by atoms with Crippen molar-refractivity contribution in [2.24, 2.45) is 5.92 Å². The van der Waals surface area contributed by atoms with E-state index in [1.54, 1.807) is 0 Å². The Balaban J connectivity index is 1.80. The molecule has 2 heterocycles. The van der Waals surface area contributed by atoms with E-state index < -0.39 is 5.60 Å². The molecule has 0 aromatic heterocycles. The van der Waals surface area contributed by atoms with Crippen LogP contribution in [0.2, 0.25) is 0 Å². The van der Waals surface area contributed by atoms with Crippen LogP contribution >= 0.6 is 0 Å². The zero-order valence-electron chi connectivity index (χ0n) is 12.4. The Morgan fingerprint density at radius 1 is 1.16 bits per heavy atom. The monoisotopic (exact) mass is 268 g/mol. The van der Waals surface area contributed by atoms with Crippen molar-refractivity contribution < 1.29 is 9.90 Å². The highest BCUT2D eigenvalue weighted by Gasteiger charge is 2.35. The van der Waals surface area contributed by atoms with E-state index in [0.29, 0.717) is 6.54 Å². The van der Waals surface area contributed by atoms with E-state index >= 15 is 0 Å². The highest BCUT2D eigenvalue weighted by molar-refractivity contribution is 5.78. The summed E-state index contributed by atoms with van der Waals surface area (Å²) in [6.45, 7) is 7.92. The highest BCUT2D eigenvalue weighted by atomic mass is 16.3. The van der Waals surface area contributed by atoms with Crippen LogP contribution in [0.1, 0.15) is 46.0 Å². The summed E-state index contributed by atoms with van der Waals surface area (Å²) in [4.78, 5) is 16.5. The second kappa shape index (κ2) is 6.23. The Morgan fingerprint density at radius 3 is 2.32 bits per heavy atom. The van der Waals surface area contributed by atoms with Crippen LogP contribution in [0.15, 0.2) is 0 Å². The quantitative estimate of drug-likeness (QED) is 0.843. The molecule has 4 heteroatoms. The second-order valence-electron chi connectivity index (χ2n) is 6.67. The molecule has 0 unspecified atom stereocenters. The van der Waals surface area contributed by atoms with Gasteiger partial charge in [0, 0.05) is 19.0 Å². The van der Waals surface area contributed by atoms with Gasteiger partial charge in [0.05, 0.1) is 12.1 Å². The molecule has 110 valence electrons. The van der Waals surface area contributed by atoms with Gasteiger partial charge in [-0.15, -0.1) is 0 Å². The van der Waals surface area contributed by atoms with Gasteiger partial charge in [-0.3, -0.25) is 9.69 Å². The lowest BCUT2D eigenvalue weighted by Gasteiger charge is -2.27. The maximum absolute atomic E-state index is 12.3. The summed E-state index contributed by atoms with van der Waals surface area (Å²) in [6.07, 6.45) is 5.97. The zero-order chi connectivity index (χ0) is 13.9. The van der Waals surface area contributed by atoms with Gasteiger partial charge in [0.15, 0.2) is 0 Å². The van der Waals surface area contributed by atoms with Crippen LogP contribution in [0.3, 0.4) is 0 Å². The third-order valence-electron chi connectivity index (χ3n) is 4.60. The number of aliphatic hydroxyl groups is 1. The summed E-state index contributed by atoms with van der Waals surface area (Å²) in [6, 6.07) is 0. The first kappa shape index (κ1) is 14.8. The molecule has 2 saturated heterocycles. The Hall–Kier alpha value is -0.610. The van der Waals surface area contributed by atoms with Crippen molar-refractivity contribution in [1.82, 2.24) is 9.80 Å². The summed E-state index contributed by atoms with van der Waals surface area (Å²) < 4.78 is 0. The van der Waals surface area contributed by atoms with Gasteiger partial charge in [0.2, 0.25) is 5.91 Å². The molecule has 1 atom stereocenters. The fourth-order valence-electron chi connectivity index (χ4n) is 3.15. The first-order valence-corrected chi connectivity index (χ1v) is 7.69. The Morgan fingerprint density at radius 2 is 1.79 bits per heavy atom. The Labute approximate surface area is 116 Å². The maximum atomic E-state index is 12.3. The van der Waals surface area contributed by atoms with Gasteiger partial charge in [-0.1, -0.05) is 12.8 Å². The van der Waals surface area contributed by atoms with Crippen molar-refractivity contribution in [3.05, 3.63) is 0 Å². The molecule has 0 aliphatic carbocycles. The molecule has 0 aromatic carbocycles. The lowest BCUT2D eigenvalue weighted by molar-refractivity contribution is -0.131. The second-order valence-corrected chi connectivity index (χ2v) is 6.67. The molecule has 0 radical (unpaired) electrons. The lowest BCUT2D eigenvalue weighted by Crippen LogP contribution is -2.41. The van der Waals surface area contributed by atoms with Crippen LogP contribution in [-0.4, -0.2) is 59.1 Å². The molecule has 19 heavy (non-hydrogen) atoms. The van der Waals surface area contributed by atoms with Crippen molar-refractivity contribution >= 4 is 5.91 Å². The van der Waals surface area contributed by atoms with Gasteiger partial charge < -0.3 is 10.0 Å². The van der Waals surface area contributed by atoms with Gasteiger partial charge in [0.25, 0.3) is 0 Å². The molecule has 0 aromatic rings. The number of likely N-dealkylation sites (tertiary alicyclic amines) is 2. The minimum atomic E-state index is -0.669. The van der Waals surface area contributed by atoms with Crippen LogP contribution in [0.4, 0.5) is 0 Å². The van der Waals surface area contributed by atoms with E-state index in [9.17, 15) is 9.90 Å². The van der Waals surface area contributed by atoms with Crippen molar-refractivity contribution in [2.75, 3.05) is 32.7 Å². The smallest absolute Gasteiger partial charge is 0.236 e. The van der Waals surface area contributed by atoms with Gasteiger partial charge in [-0.25, -0.2) is 0 Å². The van der Waals surface area contributed by atoms with Gasteiger partial charge in [-0.05, 0) is 46.2 Å². The molecule has 0 spiro atoms. The molecule has 2 fully saturated rings. The molecule has 2 rings (SSSR count). The largest absolute Gasteiger partial charge is 0.390 e. The topological polar surface area (TPSA) is 43.8 Å². The van der Waals surface area contributed by atoms with Gasteiger partial charge in [0.1, 0.15) is 0 Å². The summed E-state index contributed by atoms with van der Waals surface area (Å²) in [5.74, 6) is 0.467. The number of carbonyl (C=O) groups excluding carboxylic acids is 1. The fourth-order valence-corrected chi connectivity index (χ4v) is 3.15. The summed E-state index contributed by atoms with van der Waals surface area (Å²) in [5, 5.41) is 10.0. The third-order valence-corrected chi connectivity index (χ3v) is 4.60. The molecule has 0 saturated carbocycles. The van der Waals surface area contributed by atoms with Crippen LogP contribution in [-0.2, 0) is 4.79 Å². The van der Waals surface area contributed by atoms with Crippen molar-refractivity contribution in [1.29, 1.82) is 0 Å². The van der Waals surface area contributed by atoms with E-state index in [-0.39, 0.29) is 11.8 Å². The molecule has 0 bridgehead atoms. The summed E-state index contributed by atoms with van der Waals surface area (Å²) >= 11 is 0. The minimum Gasteiger partial charge on any atom is -0.390 e. The molecule has 1 N–H and O–H groups in total. The maximum Gasteiger partial charge on any atom is 0.236 e. The van der Waals surface area contributed by atoms with Crippen molar-refractivity contribution in [3.63, 3.8) is 0 Å². The number of rotatable bonds is 3. The minimum absolute atomic E-state index is 0.223. The Kier molecular flexibility index (Phi) is 4.85. The van der Waals surface area contributed by atoms with E-state index in [1.165, 1.54) is 25.7 Å². The molecule has 4 nitrogen and oxygen atoms in total.